The Morgan fingerprint density at radius 2 is 2.00 bits per heavy atom. The van der Waals surface area contributed by atoms with E-state index >= 15 is 0 Å². The number of benzene rings is 1. The van der Waals surface area contributed by atoms with E-state index in [1.54, 1.807) is 12.5 Å². The first-order valence-corrected chi connectivity index (χ1v) is 8.64. The van der Waals surface area contributed by atoms with E-state index in [0.717, 1.165) is 22.5 Å². The lowest BCUT2D eigenvalue weighted by atomic mass is 9.79. The Kier molecular flexibility index (Phi) is 3.77. The number of H-pyrrole nitrogens is 1. The van der Waals surface area contributed by atoms with Gasteiger partial charge in [-0.3, -0.25) is 0 Å². The summed E-state index contributed by atoms with van der Waals surface area (Å²) in [5.41, 5.74) is 9.88. The minimum absolute atomic E-state index is 0.109. The standard InChI is InChI=1S/C20H20N6O/c1-20(2,3)17-16-15(14(10-21)18(22)27-19(16)25-24-17)12-4-6-13(7-5-12)26-9-8-23-11-26/h4-9,11,15H,22H2,1-3H3,(H,24,25). The summed E-state index contributed by atoms with van der Waals surface area (Å²) in [6.45, 7) is 6.24. The van der Waals surface area contributed by atoms with Gasteiger partial charge < -0.3 is 15.0 Å². The quantitative estimate of drug-likeness (QED) is 0.730. The highest BCUT2D eigenvalue weighted by Crippen LogP contribution is 2.45. The van der Waals surface area contributed by atoms with E-state index in [4.69, 9.17) is 10.5 Å². The largest absolute Gasteiger partial charge is 0.422 e. The van der Waals surface area contributed by atoms with Gasteiger partial charge in [0.2, 0.25) is 11.8 Å². The molecule has 136 valence electrons. The maximum Gasteiger partial charge on any atom is 0.221 e. The summed E-state index contributed by atoms with van der Waals surface area (Å²) in [5, 5.41) is 17.1. The van der Waals surface area contributed by atoms with Crippen molar-refractivity contribution in [2.24, 2.45) is 5.73 Å². The van der Waals surface area contributed by atoms with Crippen molar-refractivity contribution in [3.8, 4) is 17.6 Å². The zero-order chi connectivity index (χ0) is 19.2. The maximum atomic E-state index is 9.74. The van der Waals surface area contributed by atoms with E-state index in [2.05, 4.69) is 42.0 Å². The van der Waals surface area contributed by atoms with E-state index in [-0.39, 0.29) is 17.2 Å². The van der Waals surface area contributed by atoms with Crippen LogP contribution in [0.3, 0.4) is 0 Å². The number of nitrogens with two attached hydrogens (primary N) is 1. The molecule has 0 saturated heterocycles. The van der Waals surface area contributed by atoms with Crippen LogP contribution in [0.2, 0.25) is 0 Å². The zero-order valence-corrected chi connectivity index (χ0v) is 15.4. The van der Waals surface area contributed by atoms with E-state index in [1.807, 2.05) is 35.0 Å². The van der Waals surface area contributed by atoms with Crippen molar-refractivity contribution in [3.05, 3.63) is 71.3 Å². The van der Waals surface area contributed by atoms with Crippen LogP contribution in [0, 0.1) is 11.3 Å². The fourth-order valence-corrected chi connectivity index (χ4v) is 3.41. The number of aromatic amines is 1. The molecule has 1 unspecified atom stereocenters. The van der Waals surface area contributed by atoms with Gasteiger partial charge in [-0.05, 0) is 17.7 Å². The highest BCUT2D eigenvalue weighted by molar-refractivity contribution is 5.56. The number of nitrogens with zero attached hydrogens (tertiary/aromatic N) is 4. The Morgan fingerprint density at radius 1 is 1.26 bits per heavy atom. The van der Waals surface area contributed by atoms with Crippen LogP contribution >= 0.6 is 0 Å². The predicted molar refractivity (Wildman–Crippen MR) is 100 cm³/mol. The Bertz CT molecular complexity index is 1050. The molecule has 0 fully saturated rings. The van der Waals surface area contributed by atoms with Crippen LogP contribution in [-0.2, 0) is 5.41 Å². The van der Waals surface area contributed by atoms with Crippen LogP contribution in [-0.4, -0.2) is 19.7 Å². The fourth-order valence-electron chi connectivity index (χ4n) is 3.41. The lowest BCUT2D eigenvalue weighted by Crippen LogP contribution is -2.23. The molecule has 1 aliphatic rings. The number of hydrogen-bond donors (Lipinski definition) is 2. The molecule has 0 spiro atoms. The lowest BCUT2D eigenvalue weighted by Gasteiger charge is -2.27. The second-order valence-corrected chi connectivity index (χ2v) is 7.55. The van der Waals surface area contributed by atoms with Crippen LogP contribution in [0.25, 0.3) is 5.69 Å². The summed E-state index contributed by atoms with van der Waals surface area (Å²) in [6.07, 6.45) is 5.36. The van der Waals surface area contributed by atoms with Gasteiger partial charge in [0.1, 0.15) is 11.6 Å². The third kappa shape index (κ3) is 2.75. The summed E-state index contributed by atoms with van der Waals surface area (Å²) < 4.78 is 7.57. The monoisotopic (exact) mass is 360 g/mol. The highest BCUT2D eigenvalue weighted by atomic mass is 16.5. The molecule has 3 aromatic rings. The minimum Gasteiger partial charge on any atom is -0.422 e. The average molecular weight is 360 g/mol. The SMILES string of the molecule is CC(C)(C)c1n[nH]c2c1C(c1ccc(-n3ccnc3)cc1)C(C#N)=C(N)O2. The number of imidazole rings is 1. The maximum absolute atomic E-state index is 9.74. The molecule has 1 atom stereocenters. The number of aromatic nitrogens is 4. The highest BCUT2D eigenvalue weighted by Gasteiger charge is 2.38. The van der Waals surface area contributed by atoms with Gasteiger partial charge in [-0.25, -0.2) is 10.1 Å². The Labute approximate surface area is 157 Å². The number of allylic oxidation sites excluding steroid dienone is 1. The van der Waals surface area contributed by atoms with E-state index in [0.29, 0.717) is 11.5 Å². The van der Waals surface area contributed by atoms with E-state index < -0.39 is 0 Å². The number of rotatable bonds is 2. The van der Waals surface area contributed by atoms with Crippen molar-refractivity contribution in [2.75, 3.05) is 0 Å². The molecule has 7 heteroatoms. The van der Waals surface area contributed by atoms with Crippen LogP contribution < -0.4 is 10.5 Å². The number of nitrogens with one attached hydrogen (secondary N) is 1. The Morgan fingerprint density at radius 3 is 2.59 bits per heavy atom. The summed E-state index contributed by atoms with van der Waals surface area (Å²) >= 11 is 0. The molecular formula is C20H20N6O. The first kappa shape index (κ1) is 16.9. The number of hydrogen-bond acceptors (Lipinski definition) is 5. The Hall–Kier alpha value is -3.53. The molecule has 4 rings (SSSR count). The average Bonchev–Trinajstić information content (AvgIpc) is 3.30. The molecule has 7 nitrogen and oxygen atoms in total. The second kappa shape index (κ2) is 6.02. The molecule has 0 amide bonds. The molecule has 0 radical (unpaired) electrons. The summed E-state index contributed by atoms with van der Waals surface area (Å²) in [5.74, 6) is 0.279. The van der Waals surface area contributed by atoms with Gasteiger partial charge in [0.05, 0.1) is 23.5 Å². The third-order valence-electron chi connectivity index (χ3n) is 4.68. The van der Waals surface area contributed by atoms with Crippen molar-refractivity contribution in [1.82, 2.24) is 19.7 Å². The molecule has 3 N–H and O–H groups in total. The second-order valence-electron chi connectivity index (χ2n) is 7.55. The van der Waals surface area contributed by atoms with Crippen molar-refractivity contribution in [3.63, 3.8) is 0 Å². The van der Waals surface area contributed by atoms with Crippen molar-refractivity contribution in [1.29, 1.82) is 5.26 Å². The summed E-state index contributed by atoms with van der Waals surface area (Å²) in [4.78, 5) is 4.07. The molecule has 2 aromatic heterocycles. The molecular weight excluding hydrogens is 340 g/mol. The van der Waals surface area contributed by atoms with Crippen molar-refractivity contribution in [2.45, 2.75) is 32.1 Å². The van der Waals surface area contributed by atoms with E-state index in [9.17, 15) is 5.26 Å². The molecule has 0 aliphatic carbocycles. The molecule has 1 aromatic carbocycles. The van der Waals surface area contributed by atoms with Gasteiger partial charge in [-0.15, -0.1) is 0 Å². The summed E-state index contributed by atoms with van der Waals surface area (Å²) in [7, 11) is 0. The summed E-state index contributed by atoms with van der Waals surface area (Å²) in [6, 6.07) is 10.2. The lowest BCUT2D eigenvalue weighted by molar-refractivity contribution is 0.378. The third-order valence-corrected chi connectivity index (χ3v) is 4.68. The molecule has 0 saturated carbocycles. The van der Waals surface area contributed by atoms with Crippen LogP contribution in [0.4, 0.5) is 0 Å². The first-order valence-electron chi connectivity index (χ1n) is 8.64. The zero-order valence-electron chi connectivity index (χ0n) is 15.4. The molecule has 1 aliphatic heterocycles. The van der Waals surface area contributed by atoms with E-state index in [1.165, 1.54) is 0 Å². The topological polar surface area (TPSA) is 106 Å². The normalized spacial score (nSPS) is 16.6. The van der Waals surface area contributed by atoms with Gasteiger partial charge in [-0.1, -0.05) is 32.9 Å². The molecule has 27 heavy (non-hydrogen) atoms. The predicted octanol–water partition coefficient (Wildman–Crippen LogP) is 3.11. The van der Waals surface area contributed by atoms with Gasteiger partial charge in [0.25, 0.3) is 0 Å². The minimum atomic E-state index is -0.330. The fraction of sp³-hybridized carbons (Fsp3) is 0.250. The molecule has 3 heterocycles. The van der Waals surface area contributed by atoms with Gasteiger partial charge in [0.15, 0.2) is 0 Å². The van der Waals surface area contributed by atoms with Crippen LogP contribution in [0.15, 0.2) is 54.4 Å². The smallest absolute Gasteiger partial charge is 0.221 e. The van der Waals surface area contributed by atoms with Crippen molar-refractivity contribution < 1.29 is 4.74 Å². The Balaban J connectivity index is 1.86. The van der Waals surface area contributed by atoms with Crippen LogP contribution in [0.5, 0.6) is 5.88 Å². The van der Waals surface area contributed by atoms with Crippen LogP contribution in [0.1, 0.15) is 43.5 Å². The molecule has 0 bridgehead atoms. The van der Waals surface area contributed by atoms with Gasteiger partial charge in [-0.2, -0.15) is 10.4 Å². The number of fused-ring (bicyclic) bond motifs is 1. The van der Waals surface area contributed by atoms with Gasteiger partial charge >= 0.3 is 0 Å². The van der Waals surface area contributed by atoms with Gasteiger partial charge in [0, 0.05) is 23.5 Å². The first-order chi connectivity index (χ1) is 12.9. The van der Waals surface area contributed by atoms with Crippen molar-refractivity contribution >= 4 is 0 Å². The number of nitriles is 1. The number of ether oxygens (including phenoxy) is 1.